The maximum absolute atomic E-state index is 12.3. The van der Waals surface area contributed by atoms with Crippen molar-refractivity contribution in [2.45, 2.75) is 4.90 Å². The molecule has 0 spiro atoms. The van der Waals surface area contributed by atoms with Crippen LogP contribution in [-0.4, -0.2) is 13.3 Å². The molecule has 0 saturated carbocycles. The zero-order chi connectivity index (χ0) is 16.2. The number of rotatable bonds is 5. The Hall–Kier alpha value is -2.38. The molecular weight excluding hydrogens is 328 g/mol. The Morgan fingerprint density at radius 2 is 1.82 bits per heavy atom. The molecule has 0 fully saturated rings. The second-order valence-electron chi connectivity index (χ2n) is 4.21. The van der Waals surface area contributed by atoms with E-state index in [-0.39, 0.29) is 4.90 Å². The molecule has 1 N–H and O–H groups in total. The van der Waals surface area contributed by atoms with Gasteiger partial charge in [-0.3, -0.25) is 10.1 Å². The second-order valence-corrected chi connectivity index (χ2v) is 6.54. The van der Waals surface area contributed by atoms with E-state index in [0.29, 0.717) is 10.7 Å². The highest BCUT2D eigenvalue weighted by atomic mass is 35.5. The van der Waals surface area contributed by atoms with Gasteiger partial charge in [0, 0.05) is 10.7 Å². The first-order valence-electron chi connectivity index (χ1n) is 6.08. The van der Waals surface area contributed by atoms with E-state index in [1.807, 2.05) is 0 Å². The molecular formula is C14H11ClN2O4S. The van der Waals surface area contributed by atoms with Crippen LogP contribution in [0.5, 0.6) is 0 Å². The van der Waals surface area contributed by atoms with Crippen LogP contribution in [0.2, 0.25) is 5.02 Å². The molecule has 0 aliphatic heterocycles. The van der Waals surface area contributed by atoms with Crippen LogP contribution in [-0.2, 0) is 9.84 Å². The zero-order valence-corrected chi connectivity index (χ0v) is 12.7. The average Bonchev–Trinajstić information content (AvgIpc) is 2.48. The summed E-state index contributed by atoms with van der Waals surface area (Å²) in [6.07, 6.45) is 0.841. The van der Waals surface area contributed by atoms with Gasteiger partial charge in [0.15, 0.2) is 0 Å². The number of nitrogens with one attached hydrogen (secondary N) is 1. The normalized spacial score (nSPS) is 12.0. The van der Waals surface area contributed by atoms with Gasteiger partial charge in [0.1, 0.15) is 0 Å². The molecule has 0 aliphatic carbocycles. The first kappa shape index (κ1) is 16.0. The summed E-state index contributed by atoms with van der Waals surface area (Å²) in [6.45, 7) is 0. The number of nitro groups is 1. The van der Waals surface area contributed by atoms with Gasteiger partial charge in [0.25, 0.3) is 9.84 Å². The second kappa shape index (κ2) is 6.59. The minimum Gasteiger partial charge on any atom is -0.355 e. The molecule has 0 atom stereocenters. The van der Waals surface area contributed by atoms with E-state index in [0.717, 1.165) is 6.20 Å². The van der Waals surface area contributed by atoms with Crippen molar-refractivity contribution in [3.8, 4) is 0 Å². The molecule has 0 bridgehead atoms. The number of sulfone groups is 1. The monoisotopic (exact) mass is 338 g/mol. The van der Waals surface area contributed by atoms with E-state index in [4.69, 9.17) is 11.6 Å². The fraction of sp³-hybridized carbons (Fsp3) is 0. The van der Waals surface area contributed by atoms with E-state index in [1.165, 1.54) is 30.3 Å². The number of anilines is 1. The van der Waals surface area contributed by atoms with Crippen molar-refractivity contribution < 1.29 is 13.3 Å². The quantitative estimate of drug-likeness (QED) is 0.667. The molecule has 6 nitrogen and oxygen atoms in total. The van der Waals surface area contributed by atoms with Gasteiger partial charge in [0.05, 0.1) is 16.0 Å². The topological polar surface area (TPSA) is 89.3 Å². The Morgan fingerprint density at radius 1 is 1.14 bits per heavy atom. The van der Waals surface area contributed by atoms with Gasteiger partial charge < -0.3 is 5.32 Å². The third-order valence-electron chi connectivity index (χ3n) is 2.70. The minimum absolute atomic E-state index is 0.147. The van der Waals surface area contributed by atoms with Crippen molar-refractivity contribution in [1.29, 1.82) is 0 Å². The number of benzene rings is 2. The van der Waals surface area contributed by atoms with Crippen LogP contribution in [0.4, 0.5) is 5.69 Å². The van der Waals surface area contributed by atoms with Crippen LogP contribution in [0.1, 0.15) is 0 Å². The average molecular weight is 339 g/mol. The van der Waals surface area contributed by atoms with E-state index in [2.05, 4.69) is 5.32 Å². The molecule has 2 aromatic rings. The van der Waals surface area contributed by atoms with Crippen LogP contribution < -0.4 is 5.32 Å². The summed E-state index contributed by atoms with van der Waals surface area (Å²) in [5.74, 6) is 0. The first-order chi connectivity index (χ1) is 10.4. The van der Waals surface area contributed by atoms with Gasteiger partial charge >= 0.3 is 5.03 Å². The van der Waals surface area contributed by atoms with E-state index in [9.17, 15) is 18.5 Å². The lowest BCUT2D eigenvalue weighted by Crippen LogP contribution is -2.14. The highest BCUT2D eigenvalue weighted by Crippen LogP contribution is 2.20. The number of halogens is 1. The smallest absolute Gasteiger partial charge is 0.355 e. The van der Waals surface area contributed by atoms with Gasteiger partial charge in [-0.25, -0.2) is 8.42 Å². The minimum atomic E-state index is -4.21. The fourth-order valence-electron chi connectivity index (χ4n) is 1.67. The van der Waals surface area contributed by atoms with E-state index < -0.39 is 19.8 Å². The third-order valence-corrected chi connectivity index (χ3v) is 4.64. The predicted molar refractivity (Wildman–Crippen MR) is 83.8 cm³/mol. The summed E-state index contributed by atoms with van der Waals surface area (Å²) in [5, 5.41) is 13.2. The summed E-state index contributed by atoms with van der Waals surface area (Å²) >= 11 is 5.80. The van der Waals surface area contributed by atoms with E-state index >= 15 is 0 Å². The molecule has 2 rings (SSSR count). The lowest BCUT2D eigenvalue weighted by molar-refractivity contribution is -0.411. The molecule has 0 aliphatic rings. The number of hydrogen-bond acceptors (Lipinski definition) is 5. The van der Waals surface area contributed by atoms with Crippen molar-refractivity contribution in [2.24, 2.45) is 0 Å². The molecule has 114 valence electrons. The summed E-state index contributed by atoms with van der Waals surface area (Å²) in [4.78, 5) is 10.0. The Balaban J connectivity index is 2.38. The summed E-state index contributed by atoms with van der Waals surface area (Å²) in [6, 6.07) is 13.6. The number of nitrogens with zero attached hydrogens (tertiary/aromatic N) is 1. The van der Waals surface area contributed by atoms with Gasteiger partial charge in [-0.1, -0.05) is 35.9 Å². The van der Waals surface area contributed by atoms with Gasteiger partial charge in [-0.05, 0) is 30.3 Å². The number of hydrogen-bond donors (Lipinski definition) is 1. The maximum Gasteiger partial charge on any atom is 0.379 e. The Kier molecular flexibility index (Phi) is 4.79. The van der Waals surface area contributed by atoms with Crippen LogP contribution in [0, 0.1) is 10.1 Å². The summed E-state index contributed by atoms with van der Waals surface area (Å²) in [7, 11) is -4.21. The zero-order valence-electron chi connectivity index (χ0n) is 11.1. The maximum atomic E-state index is 12.3. The Labute approximate surface area is 132 Å². The first-order valence-corrected chi connectivity index (χ1v) is 7.94. The van der Waals surface area contributed by atoms with E-state index in [1.54, 1.807) is 24.3 Å². The Morgan fingerprint density at radius 3 is 2.41 bits per heavy atom. The predicted octanol–water partition coefficient (Wildman–Crippen LogP) is 3.30. The van der Waals surface area contributed by atoms with Crippen molar-refractivity contribution in [3.63, 3.8) is 0 Å². The van der Waals surface area contributed by atoms with Gasteiger partial charge in [-0.15, -0.1) is 0 Å². The largest absolute Gasteiger partial charge is 0.379 e. The third kappa shape index (κ3) is 3.63. The van der Waals surface area contributed by atoms with Crippen LogP contribution >= 0.6 is 11.6 Å². The van der Waals surface area contributed by atoms with Gasteiger partial charge in [0.2, 0.25) is 0 Å². The lowest BCUT2D eigenvalue weighted by Gasteiger charge is -2.04. The van der Waals surface area contributed by atoms with Crippen molar-refractivity contribution in [3.05, 3.63) is 81.0 Å². The molecule has 0 amide bonds. The highest BCUT2D eigenvalue weighted by molar-refractivity contribution is 7.95. The molecule has 0 unspecified atom stereocenters. The summed E-state index contributed by atoms with van der Waals surface area (Å²) < 4.78 is 24.6. The fourth-order valence-corrected chi connectivity index (χ4v) is 3.03. The van der Waals surface area contributed by atoms with Crippen LogP contribution in [0.25, 0.3) is 0 Å². The van der Waals surface area contributed by atoms with Crippen molar-refractivity contribution >= 4 is 27.1 Å². The van der Waals surface area contributed by atoms with Crippen molar-refractivity contribution in [1.82, 2.24) is 0 Å². The van der Waals surface area contributed by atoms with Crippen LogP contribution in [0.15, 0.2) is 70.7 Å². The molecule has 0 aromatic heterocycles. The standard InChI is InChI=1S/C14H11ClN2O4S/c15-11-5-4-6-12(9-11)16-10-14(17(18)19)22(20,21)13-7-2-1-3-8-13/h1-10,16H/b14-10+. The van der Waals surface area contributed by atoms with Gasteiger partial charge in [-0.2, -0.15) is 0 Å². The molecule has 8 heteroatoms. The van der Waals surface area contributed by atoms with Crippen LogP contribution in [0.3, 0.4) is 0 Å². The molecule has 22 heavy (non-hydrogen) atoms. The summed E-state index contributed by atoms with van der Waals surface area (Å²) in [5.41, 5.74) is 0.440. The Bertz CT molecular complexity index is 820. The lowest BCUT2D eigenvalue weighted by atomic mass is 10.3. The molecule has 0 heterocycles. The SMILES string of the molecule is O=[N+]([O-])/C(=C\Nc1cccc(Cl)c1)S(=O)(=O)c1ccccc1. The molecule has 2 aromatic carbocycles. The highest BCUT2D eigenvalue weighted by Gasteiger charge is 2.31. The van der Waals surface area contributed by atoms with Crippen molar-refractivity contribution in [2.75, 3.05) is 5.32 Å². The molecule has 0 radical (unpaired) electrons. The molecule has 0 saturated heterocycles.